The summed E-state index contributed by atoms with van der Waals surface area (Å²) in [6.45, 7) is 12.0. The molecule has 1 aromatic heterocycles. The number of hydroxylamine groups is 2. The van der Waals surface area contributed by atoms with E-state index in [4.69, 9.17) is 31.6 Å². The van der Waals surface area contributed by atoms with Gasteiger partial charge in [0, 0.05) is 31.9 Å². The molecule has 3 aliphatic rings. The van der Waals surface area contributed by atoms with Gasteiger partial charge in [0.25, 0.3) is 5.82 Å². The van der Waals surface area contributed by atoms with Crippen molar-refractivity contribution in [3.8, 4) is 17.0 Å². The van der Waals surface area contributed by atoms with Gasteiger partial charge in [-0.25, -0.2) is 14.9 Å². The highest BCUT2D eigenvalue weighted by Gasteiger charge is 2.57. The van der Waals surface area contributed by atoms with Crippen molar-refractivity contribution in [3.63, 3.8) is 0 Å². The average molecular weight is 419 g/mol. The number of fused-ring (bicyclic) bond motifs is 2. The molecule has 8 nitrogen and oxygen atoms in total. The second kappa shape index (κ2) is 6.67. The molecule has 2 spiro atoms. The lowest BCUT2D eigenvalue weighted by Crippen LogP contribution is -2.55. The molecule has 4 heterocycles. The molecule has 0 bridgehead atoms. The Labute approximate surface area is 181 Å². The first-order chi connectivity index (χ1) is 14.7. The van der Waals surface area contributed by atoms with Crippen LogP contribution < -0.4 is 10.5 Å². The first kappa shape index (κ1) is 19.8. The van der Waals surface area contributed by atoms with Gasteiger partial charge >= 0.3 is 0 Å². The fraction of sp³-hybridized carbons (Fsp3) is 0.435. The smallest absolute Gasteiger partial charge is 0.270 e. The number of ether oxygens (including phenoxy) is 2. The van der Waals surface area contributed by atoms with Crippen molar-refractivity contribution in [2.75, 3.05) is 13.7 Å². The molecule has 0 radical (unpaired) electrons. The molecular formula is C23H25N5O3. The van der Waals surface area contributed by atoms with Crippen molar-refractivity contribution < 1.29 is 14.3 Å². The number of aromatic nitrogens is 1. The zero-order chi connectivity index (χ0) is 21.9. The molecule has 5 rings (SSSR count). The Morgan fingerprint density at radius 3 is 2.74 bits per heavy atom. The summed E-state index contributed by atoms with van der Waals surface area (Å²) in [6.07, 6.45) is 2.00. The minimum atomic E-state index is -0.979. The van der Waals surface area contributed by atoms with Crippen molar-refractivity contribution in [1.29, 1.82) is 0 Å². The topological polar surface area (TPSA) is 86.6 Å². The molecule has 2 unspecified atom stereocenters. The van der Waals surface area contributed by atoms with Crippen LogP contribution in [-0.2, 0) is 15.3 Å². The van der Waals surface area contributed by atoms with Crippen LogP contribution in [0.1, 0.15) is 38.7 Å². The molecule has 2 aromatic rings. The maximum absolute atomic E-state index is 7.25. The van der Waals surface area contributed by atoms with Gasteiger partial charge in [-0.3, -0.25) is 0 Å². The molecule has 2 N–H and O–H groups in total. The summed E-state index contributed by atoms with van der Waals surface area (Å²) < 4.78 is 12.6. The highest BCUT2D eigenvalue weighted by Crippen LogP contribution is 2.54. The zero-order valence-electron chi connectivity index (χ0n) is 17.9. The number of nitrogens with zero attached hydrogens (tertiary/aromatic N) is 4. The molecule has 1 aromatic carbocycles. The van der Waals surface area contributed by atoms with Crippen LogP contribution in [0.4, 0.5) is 5.82 Å². The largest absolute Gasteiger partial charge is 0.486 e. The van der Waals surface area contributed by atoms with Crippen LogP contribution in [0.2, 0.25) is 0 Å². The van der Waals surface area contributed by atoms with Crippen molar-refractivity contribution in [2.45, 2.75) is 50.0 Å². The molecule has 0 saturated carbocycles. The second-order valence-corrected chi connectivity index (χ2v) is 9.04. The summed E-state index contributed by atoms with van der Waals surface area (Å²) in [6, 6.07) is 11.3. The van der Waals surface area contributed by atoms with Crippen LogP contribution in [0, 0.1) is 6.57 Å². The van der Waals surface area contributed by atoms with Gasteiger partial charge in [-0.05, 0) is 44.2 Å². The maximum Gasteiger partial charge on any atom is 0.270 e. The number of aliphatic imine (C=N–C) groups is 1. The minimum Gasteiger partial charge on any atom is -0.486 e. The van der Waals surface area contributed by atoms with E-state index in [9.17, 15) is 0 Å². The van der Waals surface area contributed by atoms with Gasteiger partial charge in [0.2, 0.25) is 11.7 Å². The third-order valence-corrected chi connectivity index (χ3v) is 6.14. The molecule has 1 fully saturated rings. The van der Waals surface area contributed by atoms with Gasteiger partial charge in [-0.1, -0.05) is 12.6 Å². The Bertz CT molecular complexity index is 1120. The zero-order valence-corrected chi connectivity index (χ0v) is 17.9. The highest BCUT2D eigenvalue weighted by atomic mass is 16.7. The van der Waals surface area contributed by atoms with Crippen LogP contribution in [0.3, 0.4) is 0 Å². The highest BCUT2D eigenvalue weighted by molar-refractivity contribution is 5.79. The van der Waals surface area contributed by atoms with E-state index in [1.807, 2.05) is 30.3 Å². The van der Waals surface area contributed by atoms with E-state index >= 15 is 0 Å². The predicted octanol–water partition coefficient (Wildman–Crippen LogP) is 3.75. The van der Waals surface area contributed by atoms with Crippen molar-refractivity contribution >= 4 is 11.8 Å². The van der Waals surface area contributed by atoms with Crippen molar-refractivity contribution in [1.82, 2.24) is 10.0 Å². The molecule has 3 aliphatic heterocycles. The number of rotatable bonds is 1. The number of hydrogen-bond acceptors (Lipinski definition) is 7. The molecule has 2 atom stereocenters. The summed E-state index contributed by atoms with van der Waals surface area (Å²) in [5.41, 5.74) is 6.77. The fourth-order valence-corrected chi connectivity index (χ4v) is 4.93. The standard InChI is InChI=1S/C23H25N5O3/c1-21(2)13-22(10-11-29-21)14-23(27-20(24)28(4)31-23)16-12-15(8-9-18(16)30-22)17-6-5-7-19(25-3)26-17/h5-9,12H,10-11,13-14H2,1-2,4H3,(H2,24,27). The van der Waals surface area contributed by atoms with Gasteiger partial charge in [0.15, 0.2) is 5.69 Å². The van der Waals surface area contributed by atoms with Crippen LogP contribution in [0.25, 0.3) is 16.1 Å². The van der Waals surface area contributed by atoms with E-state index in [-0.39, 0.29) is 5.60 Å². The second-order valence-electron chi connectivity index (χ2n) is 9.04. The molecule has 0 amide bonds. The molecular weight excluding hydrogens is 394 g/mol. The maximum atomic E-state index is 7.25. The average Bonchev–Trinajstić information content (AvgIpc) is 3.00. The van der Waals surface area contributed by atoms with Crippen LogP contribution in [0.5, 0.6) is 5.75 Å². The first-order valence-electron chi connectivity index (χ1n) is 10.3. The Morgan fingerprint density at radius 2 is 2.03 bits per heavy atom. The lowest BCUT2D eigenvalue weighted by molar-refractivity contribution is -0.224. The van der Waals surface area contributed by atoms with E-state index in [2.05, 4.69) is 23.7 Å². The molecule has 1 saturated heterocycles. The SMILES string of the molecule is [C-]#[N+]c1cccc(-c2ccc3c(c2)C2(CC4(CCOC(C)(C)C4)O3)N=C(N)N(C)O2)n1. The van der Waals surface area contributed by atoms with E-state index in [0.29, 0.717) is 30.5 Å². The first-order valence-corrected chi connectivity index (χ1v) is 10.3. The third-order valence-electron chi connectivity index (χ3n) is 6.14. The Morgan fingerprint density at radius 1 is 1.19 bits per heavy atom. The lowest BCUT2D eigenvalue weighted by Gasteiger charge is -2.50. The van der Waals surface area contributed by atoms with Crippen molar-refractivity contribution in [3.05, 3.63) is 53.4 Å². The molecule has 0 aliphatic carbocycles. The van der Waals surface area contributed by atoms with Crippen LogP contribution in [0.15, 0.2) is 41.4 Å². The molecule has 160 valence electrons. The number of nitrogens with two attached hydrogens (primary N) is 1. The molecule has 31 heavy (non-hydrogen) atoms. The number of benzene rings is 1. The van der Waals surface area contributed by atoms with E-state index in [0.717, 1.165) is 29.7 Å². The normalized spacial score (nSPS) is 28.7. The monoisotopic (exact) mass is 419 g/mol. The van der Waals surface area contributed by atoms with Crippen LogP contribution >= 0.6 is 0 Å². The summed E-state index contributed by atoms with van der Waals surface area (Å²) in [5, 5.41) is 1.51. The third kappa shape index (κ3) is 3.30. The Balaban J connectivity index is 1.63. The van der Waals surface area contributed by atoms with Gasteiger partial charge in [-0.2, -0.15) is 0 Å². The van der Waals surface area contributed by atoms with E-state index in [1.165, 1.54) is 5.06 Å². The molecule has 8 heteroatoms. The number of hydrogen-bond donors (Lipinski definition) is 1. The Kier molecular flexibility index (Phi) is 4.26. The fourth-order valence-electron chi connectivity index (χ4n) is 4.93. The number of guanidine groups is 1. The van der Waals surface area contributed by atoms with Gasteiger partial charge in [-0.15, -0.1) is 4.98 Å². The number of pyridine rings is 1. The van der Waals surface area contributed by atoms with Crippen molar-refractivity contribution in [2.24, 2.45) is 10.7 Å². The summed E-state index contributed by atoms with van der Waals surface area (Å²) >= 11 is 0. The van der Waals surface area contributed by atoms with E-state index in [1.54, 1.807) is 13.1 Å². The van der Waals surface area contributed by atoms with Gasteiger partial charge in [0.05, 0.1) is 17.8 Å². The summed E-state index contributed by atoms with van der Waals surface area (Å²) in [5.74, 6) is 1.40. The Hall–Kier alpha value is -3.15. The lowest BCUT2D eigenvalue weighted by atomic mass is 9.75. The summed E-state index contributed by atoms with van der Waals surface area (Å²) in [4.78, 5) is 18.9. The van der Waals surface area contributed by atoms with Gasteiger partial charge in [0.1, 0.15) is 11.4 Å². The minimum absolute atomic E-state index is 0.305. The summed E-state index contributed by atoms with van der Waals surface area (Å²) in [7, 11) is 1.76. The quantitative estimate of drug-likeness (QED) is 0.709. The predicted molar refractivity (Wildman–Crippen MR) is 115 cm³/mol. The van der Waals surface area contributed by atoms with E-state index < -0.39 is 11.3 Å². The van der Waals surface area contributed by atoms with Crippen LogP contribution in [-0.4, -0.2) is 40.9 Å². The van der Waals surface area contributed by atoms with Gasteiger partial charge < -0.3 is 20.1 Å².